The van der Waals surface area contributed by atoms with E-state index in [0.717, 1.165) is 37.9 Å². The Labute approximate surface area is 157 Å². The molecule has 2 amide bonds. The quantitative estimate of drug-likeness (QED) is 0.446. The predicted octanol–water partition coefficient (Wildman–Crippen LogP) is -1.78. The van der Waals surface area contributed by atoms with Crippen molar-refractivity contribution in [2.75, 3.05) is 66.5 Å². The summed E-state index contributed by atoms with van der Waals surface area (Å²) < 4.78 is 1.49. The molecule has 0 atom stereocenters. The summed E-state index contributed by atoms with van der Waals surface area (Å²) >= 11 is 1.14. The molecule has 26 heavy (non-hydrogen) atoms. The van der Waals surface area contributed by atoms with Crippen molar-refractivity contribution >= 4 is 23.6 Å². The van der Waals surface area contributed by atoms with E-state index in [0.29, 0.717) is 31.3 Å². The van der Waals surface area contributed by atoms with Crippen molar-refractivity contribution in [3.05, 3.63) is 0 Å². The molecule has 0 aliphatic carbocycles. The first-order valence-electron chi connectivity index (χ1n) is 8.79. The number of rotatable bonds is 4. The van der Waals surface area contributed by atoms with Crippen molar-refractivity contribution < 1.29 is 9.59 Å². The fourth-order valence-electron chi connectivity index (χ4n) is 3.02. The Balaban J connectivity index is 1.75. The van der Waals surface area contributed by atoms with Crippen molar-refractivity contribution in [3.8, 4) is 0 Å². The molecular weight excluding hydrogens is 356 g/mol. The Bertz CT molecular complexity index is 603. The average Bonchev–Trinajstić information content (AvgIpc) is 3.04. The van der Waals surface area contributed by atoms with E-state index in [4.69, 9.17) is 0 Å². The first-order chi connectivity index (χ1) is 12.5. The highest BCUT2D eigenvalue weighted by Crippen LogP contribution is 2.24. The lowest BCUT2D eigenvalue weighted by molar-refractivity contribution is -0.141. The van der Waals surface area contributed by atoms with Gasteiger partial charge in [-0.1, -0.05) is 11.8 Å². The van der Waals surface area contributed by atoms with Crippen molar-refractivity contribution in [1.29, 1.82) is 0 Å². The third-order valence-corrected chi connectivity index (χ3v) is 6.08. The van der Waals surface area contributed by atoms with Gasteiger partial charge in [0.25, 0.3) is 0 Å². The first kappa shape index (κ1) is 19.1. The van der Waals surface area contributed by atoms with Crippen LogP contribution in [0.2, 0.25) is 0 Å². The molecule has 0 radical (unpaired) electrons. The highest BCUT2D eigenvalue weighted by atomic mass is 32.2. The third kappa shape index (κ3) is 4.33. The second-order valence-electron chi connectivity index (χ2n) is 6.84. The zero-order valence-electron chi connectivity index (χ0n) is 15.5. The van der Waals surface area contributed by atoms with Gasteiger partial charge in [0.1, 0.15) is 0 Å². The average molecular weight is 382 g/mol. The lowest BCUT2D eigenvalue weighted by atomic mass is 10.2. The molecule has 0 spiro atoms. The molecule has 2 fully saturated rings. The zero-order chi connectivity index (χ0) is 18.7. The topological polar surface area (TPSA) is 90.7 Å². The molecule has 2 aliphatic heterocycles. The molecule has 0 saturated carbocycles. The number of hydrogen-bond donors (Lipinski definition) is 0. The summed E-state index contributed by atoms with van der Waals surface area (Å²) in [5.74, 6) is -0.287. The molecule has 2 aliphatic rings. The molecule has 10 nitrogen and oxygen atoms in total. The van der Waals surface area contributed by atoms with E-state index in [9.17, 15) is 9.59 Å². The second-order valence-corrected chi connectivity index (χ2v) is 7.91. The zero-order valence-corrected chi connectivity index (χ0v) is 16.4. The van der Waals surface area contributed by atoms with E-state index in [-0.39, 0.29) is 11.8 Å². The summed E-state index contributed by atoms with van der Waals surface area (Å²) in [5.41, 5.74) is 0. The summed E-state index contributed by atoms with van der Waals surface area (Å²) in [6.45, 7) is 5.82. The molecule has 3 heterocycles. The fraction of sp³-hybridized carbons (Fsp3) is 0.800. The van der Waals surface area contributed by atoms with Crippen LogP contribution < -0.4 is 0 Å². The Hall–Kier alpha value is -1.72. The smallest absolute Gasteiger partial charge is 0.245 e. The molecule has 1 aromatic heterocycles. The predicted molar refractivity (Wildman–Crippen MR) is 96.6 cm³/mol. The summed E-state index contributed by atoms with van der Waals surface area (Å²) in [4.78, 5) is 34.2. The molecule has 0 bridgehead atoms. The summed E-state index contributed by atoms with van der Waals surface area (Å²) in [7, 11) is 5.78. The van der Waals surface area contributed by atoms with Gasteiger partial charge in [0.2, 0.25) is 17.0 Å². The van der Waals surface area contributed by atoms with Gasteiger partial charge in [-0.2, -0.15) is 0 Å². The van der Waals surface area contributed by atoms with Crippen LogP contribution in [0.3, 0.4) is 0 Å². The Morgan fingerprint density at radius 3 is 1.69 bits per heavy atom. The number of piperazine rings is 2. The standard InChI is InChI=1S/C15H26N8O2S/c1-19-4-8-22(9-5-19)13(24)12(26-15-16-17-18-21(15)3)14(25)23-10-6-20(2)7-11-23/h12H,4-11H2,1-3H3. The Morgan fingerprint density at radius 1 is 0.846 bits per heavy atom. The number of carbonyl (C=O) groups excluding carboxylic acids is 2. The largest absolute Gasteiger partial charge is 0.339 e. The van der Waals surface area contributed by atoms with Crippen LogP contribution in [0.4, 0.5) is 0 Å². The van der Waals surface area contributed by atoms with Gasteiger partial charge in [-0.05, 0) is 24.5 Å². The molecule has 0 aromatic carbocycles. The minimum Gasteiger partial charge on any atom is -0.339 e. The minimum atomic E-state index is -0.841. The van der Waals surface area contributed by atoms with Crippen LogP contribution in [0.25, 0.3) is 0 Å². The summed E-state index contributed by atoms with van der Waals surface area (Å²) in [5, 5.41) is 11.0. The second kappa shape index (κ2) is 8.31. The van der Waals surface area contributed by atoms with Gasteiger partial charge >= 0.3 is 0 Å². The van der Waals surface area contributed by atoms with Crippen LogP contribution in [0.1, 0.15) is 0 Å². The molecule has 144 valence electrons. The van der Waals surface area contributed by atoms with Gasteiger partial charge in [-0.25, -0.2) is 4.68 Å². The first-order valence-corrected chi connectivity index (χ1v) is 9.67. The van der Waals surface area contributed by atoms with Crippen molar-refractivity contribution in [3.63, 3.8) is 0 Å². The van der Waals surface area contributed by atoms with E-state index < -0.39 is 5.25 Å². The molecule has 0 unspecified atom stereocenters. The monoisotopic (exact) mass is 382 g/mol. The van der Waals surface area contributed by atoms with Crippen molar-refractivity contribution in [2.24, 2.45) is 7.05 Å². The van der Waals surface area contributed by atoms with Gasteiger partial charge in [-0.3, -0.25) is 9.59 Å². The van der Waals surface area contributed by atoms with Gasteiger partial charge in [0.05, 0.1) is 0 Å². The molecular formula is C15H26N8O2S. The van der Waals surface area contributed by atoms with E-state index in [1.165, 1.54) is 4.68 Å². The number of likely N-dealkylation sites (N-methyl/N-ethyl adjacent to an activating group) is 2. The number of aromatic nitrogens is 4. The number of hydrogen-bond acceptors (Lipinski definition) is 8. The number of carbonyl (C=O) groups is 2. The number of aryl methyl sites for hydroxylation is 1. The number of thioether (sulfide) groups is 1. The highest BCUT2D eigenvalue weighted by molar-refractivity contribution is 8.01. The van der Waals surface area contributed by atoms with Gasteiger partial charge < -0.3 is 19.6 Å². The lowest BCUT2D eigenvalue weighted by Crippen LogP contribution is -2.55. The van der Waals surface area contributed by atoms with Crippen LogP contribution >= 0.6 is 11.8 Å². The van der Waals surface area contributed by atoms with Crippen LogP contribution in [0.15, 0.2) is 5.16 Å². The molecule has 0 N–H and O–H groups in total. The van der Waals surface area contributed by atoms with E-state index in [2.05, 4.69) is 25.3 Å². The van der Waals surface area contributed by atoms with Gasteiger partial charge in [0, 0.05) is 59.4 Å². The maximum Gasteiger partial charge on any atom is 0.245 e. The number of amides is 2. The maximum atomic E-state index is 13.1. The SMILES string of the molecule is CN1CCN(C(=O)C(Sc2nnnn2C)C(=O)N2CCN(C)CC2)CC1. The maximum absolute atomic E-state index is 13.1. The van der Waals surface area contributed by atoms with E-state index in [1.54, 1.807) is 16.8 Å². The molecule has 3 rings (SSSR count). The van der Waals surface area contributed by atoms with Crippen LogP contribution in [0, 0.1) is 0 Å². The van der Waals surface area contributed by atoms with Crippen molar-refractivity contribution in [2.45, 2.75) is 10.4 Å². The van der Waals surface area contributed by atoms with Crippen LogP contribution in [-0.2, 0) is 16.6 Å². The normalized spacial score (nSPS) is 20.0. The van der Waals surface area contributed by atoms with Gasteiger partial charge in [0.15, 0.2) is 5.25 Å². The summed E-state index contributed by atoms with van der Waals surface area (Å²) in [6.07, 6.45) is 0. The highest BCUT2D eigenvalue weighted by Gasteiger charge is 2.37. The fourth-order valence-corrected chi connectivity index (χ4v) is 4.00. The third-order valence-electron chi connectivity index (χ3n) is 4.88. The molecule has 11 heteroatoms. The number of nitrogens with zero attached hydrogens (tertiary/aromatic N) is 8. The van der Waals surface area contributed by atoms with Gasteiger partial charge in [-0.15, -0.1) is 5.10 Å². The molecule has 1 aromatic rings. The van der Waals surface area contributed by atoms with Crippen LogP contribution in [-0.4, -0.2) is 123 Å². The Morgan fingerprint density at radius 2 is 1.31 bits per heavy atom. The van der Waals surface area contributed by atoms with E-state index >= 15 is 0 Å². The van der Waals surface area contributed by atoms with E-state index in [1.807, 2.05) is 14.1 Å². The van der Waals surface area contributed by atoms with Crippen molar-refractivity contribution in [1.82, 2.24) is 39.8 Å². The minimum absolute atomic E-state index is 0.143. The molecule has 2 saturated heterocycles. The lowest BCUT2D eigenvalue weighted by Gasteiger charge is -2.37. The summed E-state index contributed by atoms with van der Waals surface area (Å²) in [6, 6.07) is 0. The number of tetrazole rings is 1. The van der Waals surface area contributed by atoms with Crippen LogP contribution in [0.5, 0.6) is 0 Å². The Kier molecular flexibility index (Phi) is 6.09.